The number of hydrogen-bond donors (Lipinski definition) is 2. The molecule has 0 atom stereocenters. The van der Waals surface area contributed by atoms with Crippen LogP contribution in [0.15, 0.2) is 42.6 Å². The van der Waals surface area contributed by atoms with E-state index in [9.17, 15) is 14.4 Å². The molecule has 24 heavy (non-hydrogen) atoms. The van der Waals surface area contributed by atoms with Gasteiger partial charge in [-0.1, -0.05) is 18.2 Å². The van der Waals surface area contributed by atoms with E-state index in [1.54, 1.807) is 37.4 Å². The molecule has 2 N–H and O–H groups in total. The highest BCUT2D eigenvalue weighted by Gasteiger charge is 2.18. The van der Waals surface area contributed by atoms with Crippen molar-refractivity contribution in [3.8, 4) is 0 Å². The Hall–Kier alpha value is -3.22. The predicted octanol–water partition coefficient (Wildman–Crippen LogP) is 2.14. The third kappa shape index (κ3) is 4.39. The van der Waals surface area contributed by atoms with Gasteiger partial charge >= 0.3 is 17.8 Å². The van der Waals surface area contributed by atoms with E-state index < -0.39 is 17.8 Å². The fourth-order valence-electron chi connectivity index (χ4n) is 1.87. The monoisotopic (exact) mass is 327 g/mol. The van der Waals surface area contributed by atoms with Crippen LogP contribution in [-0.2, 0) is 14.3 Å². The largest absolute Gasteiger partial charge is 0.462 e. The molecule has 0 aliphatic carbocycles. The number of aromatic nitrogens is 1. The van der Waals surface area contributed by atoms with E-state index in [1.807, 2.05) is 6.92 Å². The molecule has 0 bridgehead atoms. The fraction of sp³-hybridized carbons (Fsp3) is 0.176. The second-order valence-electron chi connectivity index (χ2n) is 4.90. The van der Waals surface area contributed by atoms with Gasteiger partial charge in [-0.2, -0.15) is 0 Å². The fourth-order valence-corrected chi connectivity index (χ4v) is 1.87. The van der Waals surface area contributed by atoms with Crippen molar-refractivity contribution in [1.82, 2.24) is 4.98 Å². The third-order valence-corrected chi connectivity index (χ3v) is 3.03. The van der Waals surface area contributed by atoms with E-state index in [1.165, 1.54) is 12.1 Å². The number of rotatable bonds is 4. The molecular weight excluding hydrogens is 310 g/mol. The summed E-state index contributed by atoms with van der Waals surface area (Å²) in [5.74, 6) is -2.10. The number of pyridine rings is 1. The summed E-state index contributed by atoms with van der Waals surface area (Å²) < 4.78 is 4.92. The van der Waals surface area contributed by atoms with Gasteiger partial charge in [-0.15, -0.1) is 0 Å². The van der Waals surface area contributed by atoms with Crippen molar-refractivity contribution in [2.75, 3.05) is 17.2 Å². The van der Waals surface area contributed by atoms with Gasteiger partial charge in [0.05, 0.1) is 17.9 Å². The van der Waals surface area contributed by atoms with Gasteiger partial charge in [-0.3, -0.25) is 9.59 Å². The predicted molar refractivity (Wildman–Crippen MR) is 88.6 cm³/mol. The second-order valence-corrected chi connectivity index (χ2v) is 4.90. The van der Waals surface area contributed by atoms with Crippen molar-refractivity contribution in [3.63, 3.8) is 0 Å². The Bertz CT molecular complexity index is 757. The van der Waals surface area contributed by atoms with Crippen LogP contribution in [-0.4, -0.2) is 29.4 Å². The Labute approximate surface area is 139 Å². The van der Waals surface area contributed by atoms with E-state index in [0.717, 1.165) is 5.56 Å². The maximum absolute atomic E-state index is 12.0. The summed E-state index contributed by atoms with van der Waals surface area (Å²) in [4.78, 5) is 39.8. The van der Waals surface area contributed by atoms with Crippen LogP contribution in [0.3, 0.4) is 0 Å². The number of aryl methyl sites for hydroxylation is 1. The van der Waals surface area contributed by atoms with Crippen LogP contribution in [0.2, 0.25) is 0 Å². The van der Waals surface area contributed by atoms with E-state index in [0.29, 0.717) is 0 Å². The zero-order chi connectivity index (χ0) is 17.5. The average molecular weight is 327 g/mol. The lowest BCUT2D eigenvalue weighted by atomic mass is 10.2. The molecule has 0 aliphatic rings. The van der Waals surface area contributed by atoms with Gasteiger partial charge in [0.1, 0.15) is 5.82 Å². The molecule has 2 rings (SSSR count). The van der Waals surface area contributed by atoms with Gasteiger partial charge in [0.2, 0.25) is 0 Å². The first-order valence-corrected chi connectivity index (χ1v) is 7.32. The molecule has 0 fully saturated rings. The number of benzene rings is 1. The Morgan fingerprint density at radius 1 is 1.04 bits per heavy atom. The van der Waals surface area contributed by atoms with E-state index in [2.05, 4.69) is 15.6 Å². The summed E-state index contributed by atoms with van der Waals surface area (Å²) in [6.07, 6.45) is 1.57. The Morgan fingerprint density at radius 3 is 2.42 bits per heavy atom. The molecule has 2 amide bonds. The first kappa shape index (κ1) is 17.1. The van der Waals surface area contributed by atoms with Crippen molar-refractivity contribution in [1.29, 1.82) is 0 Å². The molecule has 0 aliphatic heterocycles. The standard InChI is InChI=1S/C17H17N3O4/c1-3-24-17(23)12-6-4-5-7-13(12)19-15(21)16(22)20-14-9-8-11(2)10-18-14/h4-10H,3H2,1-2H3,(H,19,21)(H,18,20,22). The molecule has 1 aromatic carbocycles. The van der Waals surface area contributed by atoms with Crippen LogP contribution in [0.5, 0.6) is 0 Å². The van der Waals surface area contributed by atoms with Crippen molar-refractivity contribution < 1.29 is 19.1 Å². The molecule has 0 radical (unpaired) electrons. The van der Waals surface area contributed by atoms with Crippen molar-refractivity contribution >= 4 is 29.3 Å². The molecule has 7 heteroatoms. The number of carbonyl (C=O) groups excluding carboxylic acids is 3. The zero-order valence-corrected chi connectivity index (χ0v) is 13.3. The zero-order valence-electron chi connectivity index (χ0n) is 13.3. The smallest absolute Gasteiger partial charge is 0.340 e. The molecule has 0 spiro atoms. The number of esters is 1. The number of hydrogen-bond acceptors (Lipinski definition) is 5. The number of nitrogens with zero attached hydrogens (tertiary/aromatic N) is 1. The minimum atomic E-state index is -0.908. The van der Waals surface area contributed by atoms with Crippen LogP contribution in [0.4, 0.5) is 11.5 Å². The lowest BCUT2D eigenvalue weighted by Gasteiger charge is -2.10. The number of para-hydroxylation sites is 1. The number of carbonyl (C=O) groups is 3. The van der Waals surface area contributed by atoms with Crippen LogP contribution in [0, 0.1) is 6.92 Å². The first-order chi connectivity index (χ1) is 11.5. The number of anilines is 2. The van der Waals surface area contributed by atoms with Gasteiger partial charge in [0, 0.05) is 6.20 Å². The normalized spacial score (nSPS) is 9.92. The van der Waals surface area contributed by atoms with Crippen LogP contribution in [0.1, 0.15) is 22.8 Å². The topological polar surface area (TPSA) is 97.4 Å². The van der Waals surface area contributed by atoms with E-state index in [-0.39, 0.29) is 23.7 Å². The summed E-state index contributed by atoms with van der Waals surface area (Å²) in [5.41, 5.74) is 1.31. The molecule has 0 unspecified atom stereocenters. The highest BCUT2D eigenvalue weighted by molar-refractivity contribution is 6.43. The third-order valence-electron chi connectivity index (χ3n) is 3.03. The van der Waals surface area contributed by atoms with Gasteiger partial charge < -0.3 is 15.4 Å². The maximum Gasteiger partial charge on any atom is 0.340 e. The molecular formula is C17H17N3O4. The lowest BCUT2D eigenvalue weighted by Crippen LogP contribution is -2.30. The maximum atomic E-state index is 12.0. The summed E-state index contributed by atoms with van der Waals surface area (Å²) in [7, 11) is 0. The second kappa shape index (κ2) is 7.87. The quantitative estimate of drug-likeness (QED) is 0.662. The summed E-state index contributed by atoms with van der Waals surface area (Å²) >= 11 is 0. The van der Waals surface area contributed by atoms with Crippen molar-refractivity contribution in [2.45, 2.75) is 13.8 Å². The van der Waals surface area contributed by atoms with Crippen LogP contribution in [0.25, 0.3) is 0 Å². The van der Waals surface area contributed by atoms with E-state index in [4.69, 9.17) is 4.74 Å². The van der Waals surface area contributed by atoms with Crippen LogP contribution >= 0.6 is 0 Å². The molecule has 1 aromatic heterocycles. The highest BCUT2D eigenvalue weighted by atomic mass is 16.5. The average Bonchev–Trinajstić information content (AvgIpc) is 2.57. The molecule has 7 nitrogen and oxygen atoms in total. The summed E-state index contributed by atoms with van der Waals surface area (Å²) in [6.45, 7) is 3.75. The first-order valence-electron chi connectivity index (χ1n) is 7.32. The Morgan fingerprint density at radius 2 is 1.75 bits per heavy atom. The van der Waals surface area contributed by atoms with Gasteiger partial charge in [0.25, 0.3) is 0 Å². The van der Waals surface area contributed by atoms with Crippen molar-refractivity contribution in [2.24, 2.45) is 0 Å². The number of amides is 2. The minimum Gasteiger partial charge on any atom is -0.462 e. The van der Waals surface area contributed by atoms with Gasteiger partial charge in [-0.05, 0) is 37.6 Å². The van der Waals surface area contributed by atoms with Crippen molar-refractivity contribution in [3.05, 3.63) is 53.7 Å². The minimum absolute atomic E-state index is 0.175. The Balaban J connectivity index is 2.07. The highest BCUT2D eigenvalue weighted by Crippen LogP contribution is 2.16. The van der Waals surface area contributed by atoms with E-state index >= 15 is 0 Å². The molecule has 1 heterocycles. The summed E-state index contributed by atoms with van der Waals surface area (Å²) in [6, 6.07) is 9.65. The van der Waals surface area contributed by atoms with Gasteiger partial charge in [-0.25, -0.2) is 9.78 Å². The van der Waals surface area contributed by atoms with Crippen LogP contribution < -0.4 is 10.6 Å². The Kier molecular flexibility index (Phi) is 5.62. The van der Waals surface area contributed by atoms with Gasteiger partial charge in [0.15, 0.2) is 0 Å². The molecule has 124 valence electrons. The number of nitrogens with one attached hydrogen (secondary N) is 2. The molecule has 2 aromatic rings. The lowest BCUT2D eigenvalue weighted by molar-refractivity contribution is -0.133. The number of ether oxygens (including phenoxy) is 1. The summed E-state index contributed by atoms with van der Waals surface area (Å²) in [5, 5.41) is 4.79. The molecule has 0 saturated carbocycles. The SMILES string of the molecule is CCOC(=O)c1ccccc1NC(=O)C(=O)Nc1ccc(C)cn1. The molecule has 0 saturated heterocycles.